The van der Waals surface area contributed by atoms with Crippen molar-refractivity contribution in [3.8, 4) is 0 Å². The molecule has 1 saturated heterocycles. The van der Waals surface area contributed by atoms with E-state index in [4.69, 9.17) is 4.74 Å². The highest BCUT2D eigenvalue weighted by Gasteiger charge is 2.23. The molecule has 0 aliphatic carbocycles. The molecule has 0 saturated carbocycles. The molecule has 1 aliphatic rings. The third-order valence-electron chi connectivity index (χ3n) is 3.25. The van der Waals surface area contributed by atoms with E-state index in [-0.39, 0.29) is 5.56 Å². The normalized spacial score (nSPS) is 23.2. The molecule has 5 heteroatoms. The van der Waals surface area contributed by atoms with Gasteiger partial charge in [-0.05, 0) is 18.2 Å². The van der Waals surface area contributed by atoms with Crippen molar-refractivity contribution in [2.24, 2.45) is 0 Å². The molecule has 4 nitrogen and oxygen atoms in total. The zero-order chi connectivity index (χ0) is 13.0. The number of hydrogen-bond donors (Lipinski definition) is 1. The number of nitrogens with one attached hydrogen (secondary N) is 1. The highest BCUT2D eigenvalue weighted by atomic mass is 32.2. The first-order chi connectivity index (χ1) is 8.70. The van der Waals surface area contributed by atoms with E-state index in [0.717, 1.165) is 5.69 Å². The lowest BCUT2D eigenvalue weighted by atomic mass is 10.1. The van der Waals surface area contributed by atoms with E-state index in [2.05, 4.69) is 12.2 Å². The van der Waals surface area contributed by atoms with Crippen molar-refractivity contribution in [2.75, 3.05) is 24.8 Å². The van der Waals surface area contributed by atoms with Crippen LogP contribution in [0, 0.1) is 0 Å². The number of ether oxygens (including phenoxy) is 1. The minimum atomic E-state index is 0.0199. The fourth-order valence-electron chi connectivity index (χ4n) is 2.12. The van der Waals surface area contributed by atoms with E-state index in [1.807, 2.05) is 24.0 Å². The Morgan fingerprint density at radius 3 is 3.06 bits per heavy atom. The van der Waals surface area contributed by atoms with Gasteiger partial charge in [-0.1, -0.05) is 6.92 Å². The maximum Gasteiger partial charge on any atom is 0.250 e. The summed E-state index contributed by atoms with van der Waals surface area (Å²) in [6, 6.07) is 3.98. The lowest BCUT2D eigenvalue weighted by Crippen LogP contribution is -2.27. The molecule has 1 aliphatic heterocycles. The molecule has 2 heterocycles. The second kappa shape index (κ2) is 6.29. The molecule has 2 unspecified atom stereocenters. The lowest BCUT2D eigenvalue weighted by Gasteiger charge is -2.18. The van der Waals surface area contributed by atoms with E-state index in [9.17, 15) is 4.79 Å². The summed E-state index contributed by atoms with van der Waals surface area (Å²) in [5.74, 6) is 1.21. The molecule has 2 rings (SSSR count). The van der Waals surface area contributed by atoms with E-state index in [0.29, 0.717) is 24.4 Å². The number of aromatic nitrogens is 1. The first kappa shape index (κ1) is 13.5. The number of hydrogen-bond acceptors (Lipinski definition) is 4. The summed E-state index contributed by atoms with van der Waals surface area (Å²) in [6.07, 6.45) is 3.07. The smallest absolute Gasteiger partial charge is 0.250 e. The van der Waals surface area contributed by atoms with Gasteiger partial charge in [0.2, 0.25) is 0 Å². The first-order valence-corrected chi connectivity index (χ1v) is 7.33. The molecule has 0 bridgehead atoms. The minimum absolute atomic E-state index is 0.0199. The Kier molecular flexibility index (Phi) is 4.72. The molecular formula is C13H20N2O2S. The van der Waals surface area contributed by atoms with Gasteiger partial charge in [-0.3, -0.25) is 4.79 Å². The van der Waals surface area contributed by atoms with Crippen LogP contribution in [0.15, 0.2) is 23.1 Å². The molecule has 1 N–H and O–H groups in total. The Bertz CT molecular complexity index is 447. The topological polar surface area (TPSA) is 43.3 Å². The standard InChI is InChI=1S/C13H20N2O2S/c1-10-12(5-8-18-10)14-11-3-4-13(16)15(9-11)6-7-17-2/h3-4,9-10,12,14H,5-8H2,1-2H3. The number of anilines is 1. The second-order valence-corrected chi connectivity index (χ2v) is 6.04. The quantitative estimate of drug-likeness (QED) is 0.884. The predicted octanol–water partition coefficient (Wildman–Crippen LogP) is 1.80. The van der Waals surface area contributed by atoms with E-state index < -0.39 is 0 Å². The molecule has 18 heavy (non-hydrogen) atoms. The summed E-state index contributed by atoms with van der Waals surface area (Å²) < 4.78 is 6.70. The Labute approximate surface area is 112 Å². The van der Waals surface area contributed by atoms with Crippen molar-refractivity contribution in [2.45, 2.75) is 31.2 Å². The molecule has 100 valence electrons. The molecule has 0 aromatic carbocycles. The molecule has 1 aromatic heterocycles. The van der Waals surface area contributed by atoms with Gasteiger partial charge in [-0.15, -0.1) is 0 Å². The van der Waals surface area contributed by atoms with E-state index in [1.165, 1.54) is 12.2 Å². The van der Waals surface area contributed by atoms with Gasteiger partial charge in [0, 0.05) is 37.2 Å². The zero-order valence-electron chi connectivity index (χ0n) is 10.9. The van der Waals surface area contributed by atoms with Crippen LogP contribution >= 0.6 is 11.8 Å². The van der Waals surface area contributed by atoms with E-state index >= 15 is 0 Å². The highest BCUT2D eigenvalue weighted by Crippen LogP contribution is 2.28. The Balaban J connectivity index is 2.06. The van der Waals surface area contributed by atoms with Crippen LogP contribution in [-0.4, -0.2) is 35.3 Å². The molecular weight excluding hydrogens is 248 g/mol. The van der Waals surface area contributed by atoms with Crippen LogP contribution in [0.1, 0.15) is 13.3 Å². The monoisotopic (exact) mass is 268 g/mol. The lowest BCUT2D eigenvalue weighted by molar-refractivity contribution is 0.186. The summed E-state index contributed by atoms with van der Waals surface area (Å²) >= 11 is 1.99. The van der Waals surface area contributed by atoms with Crippen molar-refractivity contribution in [3.05, 3.63) is 28.7 Å². The molecule has 0 amide bonds. The van der Waals surface area contributed by atoms with Crippen LogP contribution in [0.2, 0.25) is 0 Å². The fraction of sp³-hybridized carbons (Fsp3) is 0.615. The van der Waals surface area contributed by atoms with Gasteiger partial charge < -0.3 is 14.6 Å². The molecule has 1 fully saturated rings. The molecule has 1 aromatic rings. The SMILES string of the molecule is COCCn1cc(NC2CCSC2C)ccc1=O. The van der Waals surface area contributed by atoms with Gasteiger partial charge in [0.25, 0.3) is 5.56 Å². The number of methoxy groups -OCH3 is 1. The van der Waals surface area contributed by atoms with Crippen LogP contribution in [-0.2, 0) is 11.3 Å². The number of rotatable bonds is 5. The van der Waals surface area contributed by atoms with Gasteiger partial charge in [0.15, 0.2) is 0 Å². The van der Waals surface area contributed by atoms with Gasteiger partial charge in [0.05, 0.1) is 12.3 Å². The average Bonchev–Trinajstić information content (AvgIpc) is 2.76. The summed E-state index contributed by atoms with van der Waals surface area (Å²) in [7, 11) is 1.64. The maximum absolute atomic E-state index is 11.7. The van der Waals surface area contributed by atoms with Gasteiger partial charge in [0.1, 0.15) is 0 Å². The number of pyridine rings is 1. The minimum Gasteiger partial charge on any atom is -0.383 e. The van der Waals surface area contributed by atoms with Crippen molar-refractivity contribution in [3.63, 3.8) is 0 Å². The van der Waals surface area contributed by atoms with Crippen molar-refractivity contribution in [1.82, 2.24) is 4.57 Å². The maximum atomic E-state index is 11.7. The van der Waals surface area contributed by atoms with Crippen LogP contribution < -0.4 is 10.9 Å². The third-order valence-corrected chi connectivity index (χ3v) is 4.57. The van der Waals surface area contributed by atoms with Gasteiger partial charge in [-0.25, -0.2) is 0 Å². The zero-order valence-corrected chi connectivity index (χ0v) is 11.7. The Hall–Kier alpha value is -0.940. The second-order valence-electron chi connectivity index (χ2n) is 4.56. The molecule has 2 atom stereocenters. The third kappa shape index (κ3) is 3.29. The average molecular weight is 268 g/mol. The number of nitrogens with zero attached hydrogens (tertiary/aromatic N) is 1. The fourth-order valence-corrected chi connectivity index (χ4v) is 3.31. The van der Waals surface area contributed by atoms with Crippen LogP contribution in [0.4, 0.5) is 5.69 Å². The first-order valence-electron chi connectivity index (χ1n) is 6.28. The van der Waals surface area contributed by atoms with Crippen molar-refractivity contribution in [1.29, 1.82) is 0 Å². The largest absolute Gasteiger partial charge is 0.383 e. The summed E-state index contributed by atoms with van der Waals surface area (Å²) in [6.45, 7) is 3.40. The summed E-state index contributed by atoms with van der Waals surface area (Å²) in [5, 5.41) is 4.14. The highest BCUT2D eigenvalue weighted by molar-refractivity contribution is 8.00. The predicted molar refractivity (Wildman–Crippen MR) is 76.5 cm³/mol. The molecule has 0 spiro atoms. The van der Waals surface area contributed by atoms with Crippen LogP contribution in [0.25, 0.3) is 0 Å². The van der Waals surface area contributed by atoms with Crippen molar-refractivity contribution >= 4 is 17.4 Å². The summed E-state index contributed by atoms with van der Waals surface area (Å²) in [5.41, 5.74) is 1.04. The van der Waals surface area contributed by atoms with Crippen LogP contribution in [0.5, 0.6) is 0 Å². The summed E-state index contributed by atoms with van der Waals surface area (Å²) in [4.78, 5) is 11.7. The molecule has 0 radical (unpaired) electrons. The van der Waals surface area contributed by atoms with Gasteiger partial charge >= 0.3 is 0 Å². The van der Waals surface area contributed by atoms with Gasteiger partial charge in [-0.2, -0.15) is 11.8 Å². The van der Waals surface area contributed by atoms with Crippen LogP contribution in [0.3, 0.4) is 0 Å². The Morgan fingerprint density at radius 2 is 2.39 bits per heavy atom. The van der Waals surface area contributed by atoms with Crippen molar-refractivity contribution < 1.29 is 4.74 Å². The van der Waals surface area contributed by atoms with E-state index in [1.54, 1.807) is 17.7 Å². The Morgan fingerprint density at radius 1 is 1.56 bits per heavy atom. The number of thioether (sulfide) groups is 1.